The summed E-state index contributed by atoms with van der Waals surface area (Å²) in [4.78, 5) is 15.5. The number of azide groups is 1. The van der Waals surface area contributed by atoms with E-state index in [4.69, 9.17) is 15.0 Å². The lowest BCUT2D eigenvalue weighted by Crippen LogP contribution is -2.44. The van der Waals surface area contributed by atoms with Crippen LogP contribution in [0, 0.1) is 0 Å². The summed E-state index contributed by atoms with van der Waals surface area (Å²) in [7, 11) is -3.63. The van der Waals surface area contributed by atoms with E-state index in [2.05, 4.69) is 14.7 Å². The molecule has 184 valence electrons. The monoisotopic (exact) mass is 488 g/mol. The first-order chi connectivity index (χ1) is 16.4. The van der Waals surface area contributed by atoms with E-state index in [1.54, 1.807) is 24.3 Å². The Morgan fingerprint density at radius 2 is 1.79 bits per heavy atom. The van der Waals surface area contributed by atoms with Gasteiger partial charge >= 0.3 is 5.97 Å². The molecule has 1 N–H and O–H groups in total. The molecule has 2 rings (SSSR count). The van der Waals surface area contributed by atoms with E-state index in [9.17, 15) is 13.2 Å². The lowest BCUT2D eigenvalue weighted by Gasteiger charge is -2.18. The summed E-state index contributed by atoms with van der Waals surface area (Å²) < 4.78 is 38.5. The van der Waals surface area contributed by atoms with Crippen LogP contribution in [0.25, 0.3) is 10.4 Å². The average molecular weight is 489 g/mol. The fourth-order valence-electron chi connectivity index (χ4n) is 3.09. The van der Waals surface area contributed by atoms with Crippen LogP contribution in [-0.4, -0.2) is 39.3 Å². The number of carbonyl (C=O) groups excluding carboxylic acids is 1. The van der Waals surface area contributed by atoms with Gasteiger partial charge in [0.1, 0.15) is 18.4 Å². The van der Waals surface area contributed by atoms with Gasteiger partial charge in [0.2, 0.25) is 10.0 Å². The fraction of sp³-hybridized carbons (Fsp3) is 0.458. The Morgan fingerprint density at radius 3 is 2.47 bits per heavy atom. The third kappa shape index (κ3) is 10.7. The first-order valence-corrected chi connectivity index (χ1v) is 13.0. The van der Waals surface area contributed by atoms with E-state index in [1.165, 1.54) is 0 Å². The molecule has 0 aromatic heterocycles. The van der Waals surface area contributed by atoms with Gasteiger partial charge in [0, 0.05) is 11.5 Å². The highest BCUT2D eigenvalue weighted by atomic mass is 32.2. The van der Waals surface area contributed by atoms with Gasteiger partial charge in [0.15, 0.2) is 0 Å². The zero-order valence-electron chi connectivity index (χ0n) is 19.4. The van der Waals surface area contributed by atoms with Crippen LogP contribution in [0.15, 0.2) is 59.7 Å². The van der Waals surface area contributed by atoms with E-state index in [0.717, 1.165) is 30.4 Å². The van der Waals surface area contributed by atoms with E-state index in [1.807, 2.05) is 37.3 Å². The minimum Gasteiger partial charge on any atom is -0.494 e. The Kier molecular flexibility index (Phi) is 12.0. The smallest absolute Gasteiger partial charge is 0.324 e. The summed E-state index contributed by atoms with van der Waals surface area (Å²) in [5, 5.41) is 3.48. The number of sulfonamides is 1. The van der Waals surface area contributed by atoms with Crippen molar-refractivity contribution >= 4 is 16.0 Å². The van der Waals surface area contributed by atoms with Crippen molar-refractivity contribution in [3.63, 3.8) is 0 Å². The number of benzene rings is 2. The van der Waals surface area contributed by atoms with E-state index >= 15 is 0 Å². The van der Waals surface area contributed by atoms with Crippen LogP contribution >= 0.6 is 0 Å². The van der Waals surface area contributed by atoms with Gasteiger partial charge < -0.3 is 9.47 Å². The highest BCUT2D eigenvalue weighted by molar-refractivity contribution is 7.89. The summed E-state index contributed by atoms with van der Waals surface area (Å²) in [6, 6.07) is 15.4. The highest BCUT2D eigenvalue weighted by Gasteiger charge is 2.26. The van der Waals surface area contributed by atoms with Gasteiger partial charge in [-0.2, -0.15) is 0 Å². The summed E-state index contributed by atoms with van der Waals surface area (Å²) in [6.45, 7) is 2.91. The number of hydrogen-bond donors (Lipinski definition) is 1. The number of ether oxygens (including phenoxy) is 2. The number of hydrogen-bond acceptors (Lipinski definition) is 6. The number of esters is 1. The molecule has 0 aliphatic heterocycles. The van der Waals surface area contributed by atoms with Crippen LogP contribution in [0.2, 0.25) is 0 Å². The van der Waals surface area contributed by atoms with Crippen molar-refractivity contribution < 1.29 is 22.7 Å². The molecule has 0 aliphatic carbocycles. The van der Waals surface area contributed by atoms with Crippen molar-refractivity contribution in [3.8, 4) is 5.75 Å². The van der Waals surface area contributed by atoms with Crippen molar-refractivity contribution in [2.45, 2.75) is 51.7 Å². The minimum atomic E-state index is -3.63. The second-order valence-corrected chi connectivity index (χ2v) is 9.67. The number of carbonyl (C=O) groups is 1. The molecule has 10 heteroatoms. The fourth-order valence-corrected chi connectivity index (χ4v) is 4.49. The van der Waals surface area contributed by atoms with Gasteiger partial charge in [-0.1, -0.05) is 60.9 Å². The molecule has 1 atom stereocenters. The molecule has 0 amide bonds. The molecule has 0 spiro atoms. The van der Waals surface area contributed by atoms with Crippen molar-refractivity contribution in [2.75, 3.05) is 18.9 Å². The topological polar surface area (TPSA) is 130 Å². The first-order valence-electron chi connectivity index (χ1n) is 11.4. The second kappa shape index (κ2) is 15.0. The van der Waals surface area contributed by atoms with Gasteiger partial charge in [-0.25, -0.2) is 13.1 Å². The van der Waals surface area contributed by atoms with Crippen molar-refractivity contribution in [3.05, 3.63) is 76.2 Å². The highest BCUT2D eigenvalue weighted by Crippen LogP contribution is 2.15. The van der Waals surface area contributed by atoms with Crippen LogP contribution in [0.3, 0.4) is 0 Å². The first kappa shape index (κ1) is 27.2. The third-order valence-electron chi connectivity index (χ3n) is 4.94. The Labute approximate surface area is 201 Å². The predicted octanol–water partition coefficient (Wildman–Crippen LogP) is 4.53. The summed E-state index contributed by atoms with van der Waals surface area (Å²) >= 11 is 0. The van der Waals surface area contributed by atoms with Crippen molar-refractivity contribution in [1.29, 1.82) is 0 Å². The molecule has 9 nitrogen and oxygen atoms in total. The van der Waals surface area contributed by atoms with Gasteiger partial charge in [0.05, 0.1) is 12.4 Å². The molecule has 0 aliphatic rings. The van der Waals surface area contributed by atoms with E-state index in [0.29, 0.717) is 25.3 Å². The number of nitrogens with zero attached hydrogens (tertiary/aromatic N) is 3. The Bertz CT molecular complexity index is 1020. The van der Waals surface area contributed by atoms with E-state index in [-0.39, 0.29) is 18.8 Å². The molecule has 0 saturated heterocycles. The summed E-state index contributed by atoms with van der Waals surface area (Å²) in [5.41, 5.74) is 9.86. The van der Waals surface area contributed by atoms with Gasteiger partial charge in [-0.3, -0.25) is 4.79 Å². The Hall–Kier alpha value is -3.07. The van der Waals surface area contributed by atoms with Gasteiger partial charge in [-0.15, -0.1) is 0 Å². The van der Waals surface area contributed by atoms with Gasteiger partial charge in [-0.05, 0) is 54.5 Å². The van der Waals surface area contributed by atoms with Crippen LogP contribution in [-0.2, 0) is 32.6 Å². The normalized spacial score (nSPS) is 11.9. The molecule has 0 radical (unpaired) electrons. The molecule has 2 aromatic carbocycles. The molecule has 2 aromatic rings. The molecule has 0 unspecified atom stereocenters. The summed E-state index contributed by atoms with van der Waals surface area (Å²) in [5.74, 6) is 0.00172. The summed E-state index contributed by atoms with van der Waals surface area (Å²) in [6.07, 6.45) is 2.90. The molecular formula is C24H32N4O5S. The molecule has 0 bridgehead atoms. The zero-order valence-corrected chi connectivity index (χ0v) is 20.2. The van der Waals surface area contributed by atoms with Crippen LogP contribution in [0.4, 0.5) is 0 Å². The SMILES string of the molecule is CCCCS(=O)(=O)N[C@@H](Cc1ccc(OCCCCN=[N+]=[N-])cc1)C(=O)OCc1ccccc1. The van der Waals surface area contributed by atoms with Gasteiger partial charge in [0.25, 0.3) is 0 Å². The van der Waals surface area contributed by atoms with Crippen LogP contribution < -0.4 is 9.46 Å². The molecule has 34 heavy (non-hydrogen) atoms. The third-order valence-corrected chi connectivity index (χ3v) is 6.41. The largest absolute Gasteiger partial charge is 0.494 e. The molecule has 0 heterocycles. The maximum atomic E-state index is 12.8. The lowest BCUT2D eigenvalue weighted by molar-refractivity contribution is -0.147. The molecular weight excluding hydrogens is 456 g/mol. The molecule has 0 fully saturated rings. The van der Waals surface area contributed by atoms with Crippen molar-refractivity contribution in [2.24, 2.45) is 5.11 Å². The van der Waals surface area contributed by atoms with E-state index < -0.39 is 22.0 Å². The second-order valence-electron chi connectivity index (χ2n) is 7.79. The van der Waals surface area contributed by atoms with Crippen LogP contribution in [0.5, 0.6) is 5.75 Å². The minimum absolute atomic E-state index is 0.0432. The maximum absolute atomic E-state index is 12.8. The Morgan fingerprint density at radius 1 is 1.06 bits per heavy atom. The zero-order chi connectivity index (χ0) is 24.7. The quantitative estimate of drug-likeness (QED) is 0.122. The Balaban J connectivity index is 1.99. The number of unbranched alkanes of at least 4 members (excludes halogenated alkanes) is 2. The molecule has 0 saturated carbocycles. The van der Waals surface area contributed by atoms with Crippen molar-refractivity contribution in [1.82, 2.24) is 4.72 Å². The lowest BCUT2D eigenvalue weighted by atomic mass is 10.1. The maximum Gasteiger partial charge on any atom is 0.324 e. The average Bonchev–Trinajstić information content (AvgIpc) is 2.84. The number of rotatable bonds is 16. The standard InChI is InChI=1S/C24H32N4O5S/c1-2-3-17-34(30,31)27-23(24(29)33-19-21-9-5-4-6-10-21)18-20-11-13-22(14-12-20)32-16-8-7-15-26-28-25/h4-6,9-14,23,27H,2-3,7-8,15-19H2,1H3/t23-/m0/s1. The van der Waals surface area contributed by atoms with Crippen LogP contribution in [0.1, 0.15) is 43.7 Å². The predicted molar refractivity (Wildman–Crippen MR) is 131 cm³/mol. The number of nitrogens with one attached hydrogen (secondary N) is 1.